The maximum Gasteiger partial charge on any atom is 0.340 e. The lowest BCUT2D eigenvalue weighted by Crippen LogP contribution is -2.42. The van der Waals surface area contributed by atoms with Crippen molar-refractivity contribution in [2.75, 3.05) is 18.2 Å². The lowest BCUT2D eigenvalue weighted by atomic mass is 9.92. The summed E-state index contributed by atoms with van der Waals surface area (Å²) in [7, 11) is -3.08. The minimum absolute atomic E-state index is 0.00626. The van der Waals surface area contributed by atoms with Crippen molar-refractivity contribution >= 4 is 38.2 Å². The molecule has 0 aromatic carbocycles. The van der Waals surface area contributed by atoms with Gasteiger partial charge in [-0.05, 0) is 43.0 Å². The van der Waals surface area contributed by atoms with Crippen LogP contribution in [-0.2, 0) is 20.1 Å². The number of aromatic nitrogens is 3. The molecule has 3 aromatic rings. The second-order valence-electron chi connectivity index (χ2n) is 10.2. The standard InChI is InChI=1S/C25H29N5O5S/c1-13-12-34-24(31)16-5-6-20(30-22(13)16)29-21-9-17-18(10-27-21)23(28-11-19(17)25(2,3)26)35-14-7-15(8-14)36(4,32)33/h5-6,9-11,13-15H,7-8,12,26H2,1-4H3,(H,27,29,30)/t13-,14?,15?/m0/s1. The maximum absolute atomic E-state index is 12.0. The van der Waals surface area contributed by atoms with E-state index >= 15 is 0 Å². The third-order valence-electron chi connectivity index (χ3n) is 6.70. The normalized spacial score (nSPS) is 21.9. The number of rotatable bonds is 6. The number of fused-ring (bicyclic) bond motifs is 2. The Morgan fingerprint density at radius 2 is 1.89 bits per heavy atom. The Labute approximate surface area is 209 Å². The van der Waals surface area contributed by atoms with Crippen LogP contribution in [0, 0.1) is 0 Å². The first-order valence-corrected chi connectivity index (χ1v) is 13.7. The number of sulfone groups is 1. The van der Waals surface area contributed by atoms with Gasteiger partial charge in [-0.3, -0.25) is 0 Å². The van der Waals surface area contributed by atoms with Gasteiger partial charge in [0.1, 0.15) is 17.7 Å². The SMILES string of the molecule is C[C@H]1COC(=O)c2ccc(Nc3cc4c(C(C)(C)N)cnc(OC5CC(S(C)(=O)=O)C5)c4cn3)nc21. The number of carbonyl (C=O) groups excluding carboxylic acids is 1. The zero-order valence-corrected chi connectivity index (χ0v) is 21.4. The highest BCUT2D eigenvalue weighted by Gasteiger charge is 2.38. The van der Waals surface area contributed by atoms with Gasteiger partial charge >= 0.3 is 5.97 Å². The molecule has 190 valence electrons. The summed E-state index contributed by atoms with van der Waals surface area (Å²) in [5.41, 5.74) is 7.73. The van der Waals surface area contributed by atoms with Gasteiger partial charge in [-0.2, -0.15) is 0 Å². The number of hydrogen-bond acceptors (Lipinski definition) is 10. The zero-order chi connectivity index (χ0) is 25.8. The molecule has 5 rings (SSSR count). The first-order chi connectivity index (χ1) is 16.9. The number of anilines is 2. The number of ether oxygens (including phenoxy) is 2. The fourth-order valence-electron chi connectivity index (χ4n) is 4.49. The fourth-order valence-corrected chi connectivity index (χ4v) is 5.62. The van der Waals surface area contributed by atoms with E-state index in [9.17, 15) is 13.2 Å². The number of nitrogens with one attached hydrogen (secondary N) is 1. The van der Waals surface area contributed by atoms with E-state index in [1.165, 1.54) is 6.26 Å². The zero-order valence-electron chi connectivity index (χ0n) is 20.6. The summed E-state index contributed by atoms with van der Waals surface area (Å²) in [6.07, 6.45) is 5.27. The van der Waals surface area contributed by atoms with E-state index in [1.807, 2.05) is 26.8 Å². The van der Waals surface area contributed by atoms with Crippen molar-refractivity contribution in [1.82, 2.24) is 15.0 Å². The molecular formula is C25H29N5O5S. The second kappa shape index (κ2) is 8.67. The largest absolute Gasteiger partial charge is 0.474 e. The number of nitrogens with two attached hydrogens (primary N) is 1. The molecule has 11 heteroatoms. The van der Waals surface area contributed by atoms with E-state index in [-0.39, 0.29) is 23.2 Å². The van der Waals surface area contributed by atoms with Crippen LogP contribution >= 0.6 is 0 Å². The molecule has 1 saturated carbocycles. The first kappa shape index (κ1) is 24.4. The molecule has 2 aliphatic rings. The third kappa shape index (κ3) is 4.60. The highest BCUT2D eigenvalue weighted by Crippen LogP contribution is 2.36. The minimum Gasteiger partial charge on any atom is -0.474 e. The van der Waals surface area contributed by atoms with Gasteiger partial charge in [-0.1, -0.05) is 6.92 Å². The predicted molar refractivity (Wildman–Crippen MR) is 135 cm³/mol. The number of cyclic esters (lactones) is 1. The molecular weight excluding hydrogens is 482 g/mol. The van der Waals surface area contributed by atoms with Crippen molar-refractivity contribution in [2.24, 2.45) is 5.73 Å². The molecule has 36 heavy (non-hydrogen) atoms. The summed E-state index contributed by atoms with van der Waals surface area (Å²) in [5, 5.41) is 4.35. The molecule has 10 nitrogen and oxygen atoms in total. The molecule has 1 fully saturated rings. The van der Waals surface area contributed by atoms with Gasteiger partial charge in [0, 0.05) is 42.9 Å². The Balaban J connectivity index is 1.46. The molecule has 1 atom stereocenters. The summed E-state index contributed by atoms with van der Waals surface area (Å²) >= 11 is 0. The Hall–Kier alpha value is -3.31. The lowest BCUT2D eigenvalue weighted by molar-refractivity contribution is 0.0445. The number of pyridine rings is 3. The smallest absolute Gasteiger partial charge is 0.340 e. The van der Waals surface area contributed by atoms with Crippen molar-refractivity contribution in [3.8, 4) is 5.88 Å². The topological polar surface area (TPSA) is 146 Å². The van der Waals surface area contributed by atoms with Gasteiger partial charge in [0.2, 0.25) is 5.88 Å². The molecule has 0 saturated heterocycles. The monoisotopic (exact) mass is 511 g/mol. The van der Waals surface area contributed by atoms with Crippen LogP contribution in [0.25, 0.3) is 10.8 Å². The van der Waals surface area contributed by atoms with Gasteiger partial charge in [-0.15, -0.1) is 0 Å². The van der Waals surface area contributed by atoms with Gasteiger partial charge in [0.25, 0.3) is 0 Å². The quantitative estimate of drug-likeness (QED) is 0.473. The van der Waals surface area contributed by atoms with E-state index in [2.05, 4.69) is 20.3 Å². The molecule has 1 aliphatic heterocycles. The van der Waals surface area contributed by atoms with Crippen LogP contribution in [0.4, 0.5) is 11.6 Å². The third-order valence-corrected chi connectivity index (χ3v) is 8.29. The minimum atomic E-state index is -3.08. The molecule has 0 unspecified atom stereocenters. The Kier molecular flexibility index (Phi) is 5.87. The molecule has 0 amide bonds. The van der Waals surface area contributed by atoms with E-state index in [1.54, 1.807) is 24.5 Å². The maximum atomic E-state index is 12.0. The van der Waals surface area contributed by atoms with Gasteiger partial charge in [0.05, 0.1) is 28.5 Å². The lowest BCUT2D eigenvalue weighted by Gasteiger charge is -2.34. The van der Waals surface area contributed by atoms with E-state index in [0.717, 1.165) is 10.9 Å². The van der Waals surface area contributed by atoms with Crippen molar-refractivity contribution in [1.29, 1.82) is 0 Å². The summed E-state index contributed by atoms with van der Waals surface area (Å²) < 4.78 is 34.7. The Morgan fingerprint density at radius 3 is 2.58 bits per heavy atom. The first-order valence-electron chi connectivity index (χ1n) is 11.8. The second-order valence-corrected chi connectivity index (χ2v) is 12.6. The summed E-state index contributed by atoms with van der Waals surface area (Å²) in [4.78, 5) is 25.7. The van der Waals surface area contributed by atoms with Crippen molar-refractivity contribution in [3.63, 3.8) is 0 Å². The Bertz CT molecular complexity index is 1460. The number of hydrogen-bond donors (Lipinski definition) is 2. The van der Waals surface area contributed by atoms with Crippen molar-refractivity contribution in [3.05, 3.63) is 47.4 Å². The predicted octanol–water partition coefficient (Wildman–Crippen LogP) is 3.19. The molecule has 3 N–H and O–H groups in total. The summed E-state index contributed by atoms with van der Waals surface area (Å²) in [6.45, 7) is 6.05. The van der Waals surface area contributed by atoms with Crippen LogP contribution < -0.4 is 15.8 Å². The Morgan fingerprint density at radius 1 is 1.14 bits per heavy atom. The summed E-state index contributed by atoms with van der Waals surface area (Å²) in [6, 6.07) is 5.29. The molecule has 0 bridgehead atoms. The average Bonchev–Trinajstić information content (AvgIpc) is 2.76. The number of esters is 1. The summed E-state index contributed by atoms with van der Waals surface area (Å²) in [5.74, 6) is 1.13. The fraction of sp³-hybridized carbons (Fsp3) is 0.440. The molecule has 1 aliphatic carbocycles. The molecule has 0 radical (unpaired) electrons. The van der Waals surface area contributed by atoms with Gasteiger partial charge in [-0.25, -0.2) is 28.2 Å². The van der Waals surface area contributed by atoms with Crippen molar-refractivity contribution < 1.29 is 22.7 Å². The average molecular weight is 512 g/mol. The van der Waals surface area contributed by atoms with Crippen LogP contribution in [-0.4, -0.2) is 53.6 Å². The van der Waals surface area contributed by atoms with Crippen LogP contribution in [0.1, 0.15) is 61.1 Å². The van der Waals surface area contributed by atoms with Gasteiger partial charge < -0.3 is 20.5 Å². The van der Waals surface area contributed by atoms with Crippen LogP contribution in [0.2, 0.25) is 0 Å². The van der Waals surface area contributed by atoms with E-state index in [0.29, 0.717) is 53.6 Å². The molecule has 0 spiro atoms. The van der Waals surface area contributed by atoms with Crippen LogP contribution in [0.15, 0.2) is 30.6 Å². The highest BCUT2D eigenvalue weighted by molar-refractivity contribution is 7.91. The number of nitrogens with zero attached hydrogens (tertiary/aromatic N) is 3. The highest BCUT2D eigenvalue weighted by atomic mass is 32.2. The molecule has 3 aromatic heterocycles. The van der Waals surface area contributed by atoms with E-state index < -0.39 is 15.4 Å². The van der Waals surface area contributed by atoms with E-state index in [4.69, 9.17) is 15.2 Å². The molecule has 4 heterocycles. The number of carbonyl (C=O) groups is 1. The van der Waals surface area contributed by atoms with Crippen LogP contribution in [0.3, 0.4) is 0 Å². The van der Waals surface area contributed by atoms with Crippen molar-refractivity contribution in [2.45, 2.75) is 56.4 Å². The van der Waals surface area contributed by atoms with Gasteiger partial charge in [0.15, 0.2) is 9.84 Å². The van der Waals surface area contributed by atoms with Crippen LogP contribution in [0.5, 0.6) is 5.88 Å².